The van der Waals surface area contributed by atoms with Crippen molar-refractivity contribution in [2.24, 2.45) is 0 Å². The first-order valence-electron chi connectivity index (χ1n) is 18.5. The maximum absolute atomic E-state index is 2.42. The largest absolute Gasteiger partial charge is 0.310 e. The fourth-order valence-corrected chi connectivity index (χ4v) is 7.96. The molecule has 1 aliphatic rings. The van der Waals surface area contributed by atoms with Gasteiger partial charge in [0.2, 0.25) is 0 Å². The zero-order chi connectivity index (χ0) is 35.9. The number of benzene rings is 8. The molecule has 0 saturated carbocycles. The zero-order valence-electron chi connectivity index (χ0n) is 30.4. The molecule has 8 aromatic carbocycles. The lowest BCUT2D eigenvalue weighted by atomic mass is 9.81. The third-order valence-electron chi connectivity index (χ3n) is 11.0. The maximum Gasteiger partial charge on any atom is 0.0465 e. The summed E-state index contributed by atoms with van der Waals surface area (Å²) in [4.78, 5) is 2.39. The van der Waals surface area contributed by atoms with Crippen LogP contribution in [0.15, 0.2) is 194 Å². The van der Waals surface area contributed by atoms with E-state index in [0.29, 0.717) is 0 Å². The van der Waals surface area contributed by atoms with Gasteiger partial charge in [0.25, 0.3) is 0 Å². The third-order valence-corrected chi connectivity index (χ3v) is 11.0. The highest BCUT2D eigenvalue weighted by Gasteiger charge is 2.36. The van der Waals surface area contributed by atoms with Crippen molar-refractivity contribution in [1.82, 2.24) is 0 Å². The zero-order valence-corrected chi connectivity index (χ0v) is 30.4. The number of nitrogens with zero attached hydrogens (tertiary/aromatic N) is 1. The molecule has 0 amide bonds. The average Bonchev–Trinajstić information content (AvgIpc) is 3.44. The SMILES string of the molecule is Cc1ccc(N(c2ccc(-c3ccc(-c4ccccc4)cc3)cc2)c2ccc3c(c2)C(C)(C)c2cc(-c4ccc(-c5ccccc5)cc4)ccc2-3)cc1. The molecule has 0 spiro atoms. The molecule has 0 fully saturated rings. The normalized spacial score (nSPS) is 12.6. The molecule has 9 rings (SSSR count). The van der Waals surface area contributed by atoms with Gasteiger partial charge in [-0.05, 0) is 116 Å². The van der Waals surface area contributed by atoms with E-state index in [-0.39, 0.29) is 5.41 Å². The molecule has 0 heterocycles. The molecule has 8 aromatic rings. The van der Waals surface area contributed by atoms with Gasteiger partial charge in [0, 0.05) is 22.5 Å². The summed E-state index contributed by atoms with van der Waals surface area (Å²) in [6.45, 7) is 6.89. The van der Waals surface area contributed by atoms with Crippen LogP contribution in [0.1, 0.15) is 30.5 Å². The molecule has 0 aliphatic heterocycles. The first kappa shape index (κ1) is 32.5. The topological polar surface area (TPSA) is 3.24 Å². The second-order valence-electron chi connectivity index (χ2n) is 14.7. The van der Waals surface area contributed by atoms with E-state index in [4.69, 9.17) is 0 Å². The second-order valence-corrected chi connectivity index (χ2v) is 14.7. The molecule has 1 heteroatoms. The maximum atomic E-state index is 2.42. The van der Waals surface area contributed by atoms with Crippen LogP contribution in [0, 0.1) is 6.92 Å². The van der Waals surface area contributed by atoms with Crippen LogP contribution in [0.4, 0.5) is 17.1 Å². The standard InChI is InChI=1S/C52H41N/c1-36-14-27-45(28-15-36)53(46-29-24-42(25-30-46)41-18-16-39(17-19-41)37-10-6-4-7-11-37)47-31-33-49-48-32-26-44(34-50(48)52(2,3)51(49)35-47)43-22-20-40(21-23-43)38-12-8-5-9-13-38/h4-35H,1-3H3. The van der Waals surface area contributed by atoms with Gasteiger partial charge in [-0.3, -0.25) is 0 Å². The van der Waals surface area contributed by atoms with Gasteiger partial charge in [0.15, 0.2) is 0 Å². The minimum Gasteiger partial charge on any atom is -0.310 e. The van der Waals surface area contributed by atoms with E-state index < -0.39 is 0 Å². The van der Waals surface area contributed by atoms with Crippen LogP contribution in [0.3, 0.4) is 0 Å². The van der Waals surface area contributed by atoms with Gasteiger partial charge >= 0.3 is 0 Å². The lowest BCUT2D eigenvalue weighted by Gasteiger charge is -2.28. The van der Waals surface area contributed by atoms with Crippen LogP contribution < -0.4 is 4.90 Å². The summed E-state index contributed by atoms with van der Waals surface area (Å²) in [7, 11) is 0. The van der Waals surface area contributed by atoms with Crippen molar-refractivity contribution < 1.29 is 0 Å². The summed E-state index contributed by atoms with van der Waals surface area (Å²) in [5.74, 6) is 0. The quantitative estimate of drug-likeness (QED) is 0.162. The Morgan fingerprint density at radius 1 is 0.321 bits per heavy atom. The Labute approximate surface area is 313 Å². The molecular formula is C52H41N. The number of rotatable bonds is 7. The van der Waals surface area contributed by atoms with Crippen LogP contribution in [-0.2, 0) is 5.41 Å². The fraction of sp³-hybridized carbons (Fsp3) is 0.0769. The Hall–Kier alpha value is -6.44. The van der Waals surface area contributed by atoms with Gasteiger partial charge in [0.05, 0.1) is 0 Å². The van der Waals surface area contributed by atoms with E-state index in [1.54, 1.807) is 0 Å². The van der Waals surface area contributed by atoms with Crippen molar-refractivity contribution in [3.8, 4) is 55.6 Å². The van der Waals surface area contributed by atoms with Gasteiger partial charge in [-0.25, -0.2) is 0 Å². The van der Waals surface area contributed by atoms with Crippen molar-refractivity contribution in [3.05, 3.63) is 211 Å². The van der Waals surface area contributed by atoms with Crippen molar-refractivity contribution in [1.29, 1.82) is 0 Å². The minimum atomic E-state index is -0.157. The molecule has 0 unspecified atom stereocenters. The van der Waals surface area contributed by atoms with Gasteiger partial charge in [0.1, 0.15) is 0 Å². The number of aryl methyl sites for hydroxylation is 1. The Morgan fingerprint density at radius 3 is 1.15 bits per heavy atom. The summed E-state index contributed by atoms with van der Waals surface area (Å²) in [6, 6.07) is 70.9. The van der Waals surface area contributed by atoms with Crippen molar-refractivity contribution in [2.75, 3.05) is 4.90 Å². The second kappa shape index (κ2) is 13.3. The molecule has 0 radical (unpaired) electrons. The molecule has 53 heavy (non-hydrogen) atoms. The molecule has 0 atom stereocenters. The van der Waals surface area contributed by atoms with Gasteiger partial charge in [-0.2, -0.15) is 0 Å². The van der Waals surface area contributed by atoms with E-state index in [9.17, 15) is 0 Å². The van der Waals surface area contributed by atoms with E-state index in [1.165, 1.54) is 72.3 Å². The number of hydrogen-bond acceptors (Lipinski definition) is 1. The molecule has 0 saturated heterocycles. The van der Waals surface area contributed by atoms with Crippen molar-refractivity contribution >= 4 is 17.1 Å². The Morgan fingerprint density at radius 2 is 0.660 bits per heavy atom. The minimum absolute atomic E-state index is 0.157. The average molecular weight is 680 g/mol. The van der Waals surface area contributed by atoms with Crippen LogP contribution in [0.25, 0.3) is 55.6 Å². The highest BCUT2D eigenvalue weighted by molar-refractivity contribution is 5.88. The summed E-state index contributed by atoms with van der Waals surface area (Å²) >= 11 is 0. The molecule has 0 bridgehead atoms. The van der Waals surface area contributed by atoms with Gasteiger partial charge < -0.3 is 4.90 Å². The summed E-state index contributed by atoms with van der Waals surface area (Å²) < 4.78 is 0. The van der Waals surface area contributed by atoms with Gasteiger partial charge in [-0.1, -0.05) is 171 Å². The summed E-state index contributed by atoms with van der Waals surface area (Å²) in [6.07, 6.45) is 0. The molecular weight excluding hydrogens is 639 g/mol. The lowest BCUT2D eigenvalue weighted by Crippen LogP contribution is -2.16. The van der Waals surface area contributed by atoms with Crippen LogP contribution >= 0.6 is 0 Å². The molecule has 0 N–H and O–H groups in total. The van der Waals surface area contributed by atoms with Crippen LogP contribution in [-0.4, -0.2) is 0 Å². The van der Waals surface area contributed by atoms with Crippen LogP contribution in [0.5, 0.6) is 0 Å². The number of hydrogen-bond donors (Lipinski definition) is 0. The third kappa shape index (κ3) is 6.05. The lowest BCUT2D eigenvalue weighted by molar-refractivity contribution is 0.660. The molecule has 0 aromatic heterocycles. The van der Waals surface area contributed by atoms with E-state index in [1.807, 2.05) is 0 Å². The van der Waals surface area contributed by atoms with Gasteiger partial charge in [-0.15, -0.1) is 0 Å². The highest BCUT2D eigenvalue weighted by atomic mass is 15.1. The number of anilines is 3. The molecule has 1 nitrogen and oxygen atoms in total. The van der Waals surface area contributed by atoms with E-state index in [2.05, 4.69) is 220 Å². The molecule has 254 valence electrons. The Kier molecular flexibility index (Phi) is 8.13. The smallest absolute Gasteiger partial charge is 0.0465 e. The summed E-state index contributed by atoms with van der Waals surface area (Å²) in [5.41, 5.74) is 19.7. The Bertz CT molecular complexity index is 2530. The monoisotopic (exact) mass is 679 g/mol. The first-order valence-corrected chi connectivity index (χ1v) is 18.5. The van der Waals surface area contributed by atoms with Crippen LogP contribution in [0.2, 0.25) is 0 Å². The highest BCUT2D eigenvalue weighted by Crippen LogP contribution is 2.51. The fourth-order valence-electron chi connectivity index (χ4n) is 7.96. The number of fused-ring (bicyclic) bond motifs is 3. The molecule has 1 aliphatic carbocycles. The van der Waals surface area contributed by atoms with E-state index >= 15 is 0 Å². The Balaban J connectivity index is 1.04. The van der Waals surface area contributed by atoms with Crippen molar-refractivity contribution in [3.63, 3.8) is 0 Å². The summed E-state index contributed by atoms with van der Waals surface area (Å²) in [5, 5.41) is 0. The first-order chi connectivity index (χ1) is 25.9. The predicted molar refractivity (Wildman–Crippen MR) is 225 cm³/mol. The van der Waals surface area contributed by atoms with Crippen molar-refractivity contribution in [2.45, 2.75) is 26.2 Å². The predicted octanol–water partition coefficient (Wildman–Crippen LogP) is 14.4. The van der Waals surface area contributed by atoms with E-state index in [0.717, 1.165) is 17.1 Å².